The molecule has 19 heavy (non-hydrogen) atoms. The molecule has 3 nitrogen and oxygen atoms in total. The van der Waals surface area contributed by atoms with Gasteiger partial charge in [0.1, 0.15) is 0 Å². The smallest absolute Gasteiger partial charge is 0.220 e. The van der Waals surface area contributed by atoms with E-state index in [-0.39, 0.29) is 12.0 Å². The van der Waals surface area contributed by atoms with Gasteiger partial charge in [-0.3, -0.25) is 4.79 Å². The number of aliphatic hydroxyl groups excluding tert-OH is 1. The second-order valence-corrected chi connectivity index (χ2v) is 6.14. The Balaban J connectivity index is 2.22. The van der Waals surface area contributed by atoms with Gasteiger partial charge in [-0.25, -0.2) is 0 Å². The molecule has 2 atom stereocenters. The van der Waals surface area contributed by atoms with Gasteiger partial charge in [0.15, 0.2) is 0 Å². The van der Waals surface area contributed by atoms with Crippen molar-refractivity contribution < 1.29 is 9.90 Å². The van der Waals surface area contributed by atoms with Crippen molar-refractivity contribution in [2.24, 2.45) is 11.8 Å². The molecule has 1 rings (SSSR count). The molecule has 0 radical (unpaired) electrons. The molecule has 0 aliphatic heterocycles. The van der Waals surface area contributed by atoms with Crippen LogP contribution in [-0.2, 0) is 4.79 Å². The van der Waals surface area contributed by atoms with Gasteiger partial charge in [-0.1, -0.05) is 46.0 Å². The van der Waals surface area contributed by atoms with Crippen molar-refractivity contribution in [2.45, 2.75) is 77.7 Å². The molecule has 0 saturated heterocycles. The zero-order valence-corrected chi connectivity index (χ0v) is 12.7. The lowest BCUT2D eigenvalue weighted by Gasteiger charge is -2.26. The molecule has 0 spiro atoms. The molecule has 3 heteroatoms. The molecular weight excluding hydrogens is 238 g/mol. The number of aliphatic hydroxyl groups is 1. The van der Waals surface area contributed by atoms with Crippen LogP contribution in [0.3, 0.4) is 0 Å². The summed E-state index contributed by atoms with van der Waals surface area (Å²) in [6.07, 6.45) is 9.18. The Hall–Kier alpha value is -0.570. The van der Waals surface area contributed by atoms with Crippen LogP contribution in [0.4, 0.5) is 0 Å². The maximum absolute atomic E-state index is 12.0. The van der Waals surface area contributed by atoms with E-state index in [9.17, 15) is 9.90 Å². The van der Waals surface area contributed by atoms with Crippen LogP contribution in [-0.4, -0.2) is 23.7 Å². The van der Waals surface area contributed by atoms with Crippen LogP contribution in [0, 0.1) is 11.8 Å². The van der Waals surface area contributed by atoms with E-state index in [1.165, 1.54) is 0 Å². The van der Waals surface area contributed by atoms with E-state index in [4.69, 9.17) is 0 Å². The first-order valence-corrected chi connectivity index (χ1v) is 8.10. The number of nitrogens with one attached hydrogen (secondary N) is 1. The summed E-state index contributed by atoms with van der Waals surface area (Å²) in [5.74, 6) is 1.22. The van der Waals surface area contributed by atoms with Crippen LogP contribution in [0.15, 0.2) is 0 Å². The number of hydrogen-bond acceptors (Lipinski definition) is 2. The fraction of sp³-hybridized carbons (Fsp3) is 0.938. The Morgan fingerprint density at radius 2 is 1.95 bits per heavy atom. The molecule has 2 N–H and O–H groups in total. The van der Waals surface area contributed by atoms with Crippen molar-refractivity contribution in [1.29, 1.82) is 0 Å². The first-order valence-electron chi connectivity index (χ1n) is 8.10. The topological polar surface area (TPSA) is 49.3 Å². The molecule has 0 heterocycles. The van der Waals surface area contributed by atoms with E-state index in [1.807, 2.05) is 0 Å². The van der Waals surface area contributed by atoms with E-state index in [0.29, 0.717) is 18.3 Å². The maximum Gasteiger partial charge on any atom is 0.220 e. The van der Waals surface area contributed by atoms with Gasteiger partial charge in [-0.15, -0.1) is 0 Å². The van der Waals surface area contributed by atoms with Gasteiger partial charge in [0, 0.05) is 13.0 Å². The molecule has 0 aromatic rings. The second-order valence-electron chi connectivity index (χ2n) is 6.14. The predicted octanol–water partition coefficient (Wildman–Crippen LogP) is 3.26. The molecule has 1 aliphatic carbocycles. The highest BCUT2D eigenvalue weighted by molar-refractivity contribution is 5.76. The normalized spacial score (nSPS) is 23.6. The molecule has 1 fully saturated rings. The Bertz CT molecular complexity index is 249. The predicted molar refractivity (Wildman–Crippen MR) is 78.9 cm³/mol. The molecule has 0 aromatic heterocycles. The van der Waals surface area contributed by atoms with Gasteiger partial charge in [0.25, 0.3) is 0 Å². The molecule has 112 valence electrons. The lowest BCUT2D eigenvalue weighted by molar-refractivity contribution is -0.122. The fourth-order valence-electron chi connectivity index (χ4n) is 3.21. The number of carbonyl (C=O) groups is 1. The van der Waals surface area contributed by atoms with E-state index in [2.05, 4.69) is 19.2 Å². The Morgan fingerprint density at radius 3 is 2.53 bits per heavy atom. The first-order chi connectivity index (χ1) is 9.15. The first kappa shape index (κ1) is 16.5. The highest BCUT2D eigenvalue weighted by Gasteiger charge is 2.21. The summed E-state index contributed by atoms with van der Waals surface area (Å²) in [5, 5.41) is 12.7. The Kier molecular flexibility index (Phi) is 8.11. The highest BCUT2D eigenvalue weighted by atomic mass is 16.3. The van der Waals surface area contributed by atoms with Crippen LogP contribution >= 0.6 is 0 Å². The average Bonchev–Trinajstić information content (AvgIpc) is 2.37. The van der Waals surface area contributed by atoms with Crippen molar-refractivity contribution in [2.75, 3.05) is 6.54 Å². The van der Waals surface area contributed by atoms with E-state index >= 15 is 0 Å². The number of amides is 1. The monoisotopic (exact) mass is 269 g/mol. The quantitative estimate of drug-likeness (QED) is 0.710. The third kappa shape index (κ3) is 6.95. The van der Waals surface area contributed by atoms with Crippen LogP contribution in [0.1, 0.15) is 71.6 Å². The van der Waals surface area contributed by atoms with Gasteiger partial charge in [0.05, 0.1) is 6.10 Å². The summed E-state index contributed by atoms with van der Waals surface area (Å²) in [5.41, 5.74) is 0. The van der Waals surface area contributed by atoms with E-state index in [1.54, 1.807) is 0 Å². The Morgan fingerprint density at radius 1 is 1.26 bits per heavy atom. The maximum atomic E-state index is 12.0. The Labute approximate surface area is 118 Å². The van der Waals surface area contributed by atoms with Gasteiger partial charge < -0.3 is 10.4 Å². The highest BCUT2D eigenvalue weighted by Crippen LogP contribution is 2.23. The lowest BCUT2D eigenvalue weighted by atomic mass is 9.87. The van der Waals surface area contributed by atoms with Crippen LogP contribution in [0.2, 0.25) is 0 Å². The van der Waals surface area contributed by atoms with Crippen molar-refractivity contribution in [3.63, 3.8) is 0 Å². The van der Waals surface area contributed by atoms with E-state index < -0.39 is 0 Å². The third-order valence-corrected chi connectivity index (χ3v) is 4.21. The summed E-state index contributed by atoms with van der Waals surface area (Å²) in [4.78, 5) is 12.0. The molecule has 2 unspecified atom stereocenters. The molecule has 1 saturated carbocycles. The lowest BCUT2D eigenvalue weighted by Crippen LogP contribution is -2.33. The summed E-state index contributed by atoms with van der Waals surface area (Å²) >= 11 is 0. The summed E-state index contributed by atoms with van der Waals surface area (Å²) < 4.78 is 0. The van der Waals surface area contributed by atoms with Crippen molar-refractivity contribution in [3.05, 3.63) is 0 Å². The summed E-state index contributed by atoms with van der Waals surface area (Å²) in [6.45, 7) is 5.12. The van der Waals surface area contributed by atoms with Gasteiger partial charge in [-0.05, 0) is 31.1 Å². The fourth-order valence-corrected chi connectivity index (χ4v) is 3.21. The van der Waals surface area contributed by atoms with E-state index in [0.717, 1.165) is 57.9 Å². The van der Waals surface area contributed by atoms with Crippen LogP contribution in [0.5, 0.6) is 0 Å². The molecule has 1 aliphatic rings. The molecule has 1 amide bonds. The largest absolute Gasteiger partial charge is 0.393 e. The summed E-state index contributed by atoms with van der Waals surface area (Å²) in [7, 11) is 0. The molecule has 0 aromatic carbocycles. The second kappa shape index (κ2) is 9.35. The van der Waals surface area contributed by atoms with Crippen LogP contribution < -0.4 is 5.32 Å². The van der Waals surface area contributed by atoms with Crippen molar-refractivity contribution >= 4 is 5.91 Å². The van der Waals surface area contributed by atoms with Crippen molar-refractivity contribution in [3.8, 4) is 0 Å². The zero-order chi connectivity index (χ0) is 14.1. The third-order valence-electron chi connectivity index (χ3n) is 4.21. The van der Waals surface area contributed by atoms with Gasteiger partial charge >= 0.3 is 0 Å². The minimum Gasteiger partial charge on any atom is -0.393 e. The minimum absolute atomic E-state index is 0.149. The average molecular weight is 269 g/mol. The number of rotatable bonds is 8. The van der Waals surface area contributed by atoms with Gasteiger partial charge in [-0.2, -0.15) is 0 Å². The molecule has 0 bridgehead atoms. The SMILES string of the molecule is CCCC(CCC)CC(=O)NCC1CCCC(O)C1. The standard InChI is InChI=1S/C16H31NO2/c1-3-6-13(7-4-2)11-16(19)17-12-14-8-5-9-15(18)10-14/h13-15,18H,3-12H2,1-2H3,(H,17,19). The number of carbonyl (C=O) groups excluding carboxylic acids is 1. The van der Waals surface area contributed by atoms with Gasteiger partial charge in [0.2, 0.25) is 5.91 Å². The zero-order valence-electron chi connectivity index (χ0n) is 12.7. The van der Waals surface area contributed by atoms with Crippen molar-refractivity contribution in [1.82, 2.24) is 5.32 Å². The van der Waals surface area contributed by atoms with Crippen LogP contribution in [0.25, 0.3) is 0 Å². The summed E-state index contributed by atoms with van der Waals surface area (Å²) in [6, 6.07) is 0. The minimum atomic E-state index is -0.149. The molecular formula is C16H31NO2. The number of hydrogen-bond donors (Lipinski definition) is 2.